The summed E-state index contributed by atoms with van der Waals surface area (Å²) in [7, 11) is 0. The number of amides is 2. The summed E-state index contributed by atoms with van der Waals surface area (Å²) in [4.78, 5) is 27.0. The highest BCUT2D eigenvalue weighted by atomic mass is 32.2. The summed E-state index contributed by atoms with van der Waals surface area (Å²) in [5.74, 6) is -0.468. The van der Waals surface area contributed by atoms with Gasteiger partial charge in [0, 0.05) is 11.3 Å². The van der Waals surface area contributed by atoms with Gasteiger partial charge in [-0.05, 0) is 62.3 Å². The molecular formula is C23H23F2N5O3S. The number of nitrogens with zero attached hydrogens (tertiary/aromatic N) is 4. The maximum atomic E-state index is 12.4. The fourth-order valence-electron chi connectivity index (χ4n) is 3.63. The third kappa shape index (κ3) is 6.17. The minimum absolute atomic E-state index is 0.0486. The molecule has 11 heteroatoms. The zero-order valence-corrected chi connectivity index (χ0v) is 19.0. The summed E-state index contributed by atoms with van der Waals surface area (Å²) in [6.45, 7) is -0.251. The number of benzene rings is 2. The lowest BCUT2D eigenvalue weighted by molar-refractivity contribution is -0.117. The van der Waals surface area contributed by atoms with E-state index in [-0.39, 0.29) is 17.1 Å². The molecule has 0 aliphatic carbocycles. The zero-order valence-electron chi connectivity index (χ0n) is 18.2. The average Bonchev–Trinajstić information content (AvgIpc) is 3.48. The fourth-order valence-corrected chi connectivity index (χ4v) is 4.40. The van der Waals surface area contributed by atoms with Gasteiger partial charge in [0.25, 0.3) is 5.91 Å². The van der Waals surface area contributed by atoms with E-state index in [0.717, 1.165) is 37.4 Å². The van der Waals surface area contributed by atoms with Crippen LogP contribution in [0.25, 0.3) is 5.69 Å². The van der Waals surface area contributed by atoms with Crippen LogP contribution >= 0.6 is 11.8 Å². The topological polar surface area (TPSA) is 89.4 Å². The van der Waals surface area contributed by atoms with E-state index in [9.17, 15) is 18.4 Å². The molecule has 0 saturated carbocycles. The molecule has 1 aliphatic heterocycles. The minimum atomic E-state index is -2.95. The van der Waals surface area contributed by atoms with Gasteiger partial charge in [0.1, 0.15) is 5.75 Å². The van der Waals surface area contributed by atoms with Crippen molar-refractivity contribution < 1.29 is 23.1 Å². The van der Waals surface area contributed by atoms with E-state index in [2.05, 4.69) is 25.2 Å². The molecule has 2 aromatic carbocycles. The predicted molar refractivity (Wildman–Crippen MR) is 122 cm³/mol. The first-order valence-corrected chi connectivity index (χ1v) is 11.7. The van der Waals surface area contributed by atoms with Crippen molar-refractivity contribution in [2.24, 2.45) is 0 Å². The van der Waals surface area contributed by atoms with Crippen LogP contribution in [0.15, 0.2) is 59.8 Å². The number of aromatic nitrogens is 3. The maximum absolute atomic E-state index is 12.4. The van der Waals surface area contributed by atoms with Crippen LogP contribution in [0.3, 0.4) is 0 Å². The van der Waals surface area contributed by atoms with Gasteiger partial charge in [-0.2, -0.15) is 8.78 Å². The number of nitrogens with one attached hydrogen (secondary N) is 1. The highest BCUT2D eigenvalue weighted by molar-refractivity contribution is 7.99. The van der Waals surface area contributed by atoms with Crippen molar-refractivity contribution >= 4 is 23.6 Å². The summed E-state index contributed by atoms with van der Waals surface area (Å²) in [5.41, 5.74) is 1.05. The van der Waals surface area contributed by atoms with Crippen LogP contribution in [-0.2, 0) is 11.3 Å². The van der Waals surface area contributed by atoms with Crippen molar-refractivity contribution in [3.05, 3.63) is 66.0 Å². The molecule has 0 unspecified atom stereocenters. The van der Waals surface area contributed by atoms with Crippen LogP contribution in [0.1, 0.15) is 29.0 Å². The van der Waals surface area contributed by atoms with Gasteiger partial charge in [-0.3, -0.25) is 24.4 Å². The standard InChI is InChI=1S/C23H23F2N5O3S/c24-22(25)33-18-10-8-16(9-11-18)21(32)26-20(31)15-34-23-28-27-19(14-29-12-4-5-13-29)30(23)17-6-2-1-3-7-17/h1-3,6-11,22H,4-5,12-15H2,(H,26,31,32). The van der Waals surface area contributed by atoms with Crippen LogP contribution in [0.2, 0.25) is 0 Å². The number of carbonyl (C=O) groups excluding carboxylic acids is 2. The lowest BCUT2D eigenvalue weighted by Gasteiger charge is -2.15. The average molecular weight is 488 g/mol. The molecule has 0 radical (unpaired) electrons. The van der Waals surface area contributed by atoms with Crippen molar-refractivity contribution in [1.29, 1.82) is 0 Å². The number of halogens is 2. The van der Waals surface area contributed by atoms with Crippen molar-refractivity contribution in [3.8, 4) is 11.4 Å². The van der Waals surface area contributed by atoms with Gasteiger partial charge in [-0.15, -0.1) is 10.2 Å². The Morgan fingerprint density at radius 2 is 1.74 bits per heavy atom. The lowest BCUT2D eigenvalue weighted by atomic mass is 10.2. The lowest BCUT2D eigenvalue weighted by Crippen LogP contribution is -2.31. The van der Waals surface area contributed by atoms with Gasteiger partial charge < -0.3 is 4.74 Å². The molecule has 34 heavy (non-hydrogen) atoms. The monoisotopic (exact) mass is 487 g/mol. The van der Waals surface area contributed by atoms with Gasteiger partial charge >= 0.3 is 6.61 Å². The first-order valence-electron chi connectivity index (χ1n) is 10.7. The fraction of sp³-hybridized carbons (Fsp3) is 0.304. The van der Waals surface area contributed by atoms with E-state index in [1.165, 1.54) is 36.0 Å². The Balaban J connectivity index is 1.40. The molecule has 8 nitrogen and oxygen atoms in total. The van der Waals surface area contributed by atoms with Gasteiger partial charge in [0.2, 0.25) is 5.91 Å². The first kappa shape index (κ1) is 23.8. The van der Waals surface area contributed by atoms with Crippen molar-refractivity contribution in [3.63, 3.8) is 0 Å². The molecule has 1 saturated heterocycles. The Morgan fingerprint density at radius 3 is 2.41 bits per heavy atom. The number of rotatable bonds is 9. The van der Waals surface area contributed by atoms with Crippen molar-refractivity contribution in [1.82, 2.24) is 25.0 Å². The van der Waals surface area contributed by atoms with Crippen LogP contribution in [0, 0.1) is 0 Å². The second-order valence-electron chi connectivity index (χ2n) is 7.62. The number of para-hydroxylation sites is 1. The zero-order chi connectivity index (χ0) is 23.9. The molecule has 3 aromatic rings. The molecule has 1 N–H and O–H groups in total. The third-order valence-electron chi connectivity index (χ3n) is 5.21. The summed E-state index contributed by atoms with van der Waals surface area (Å²) in [5, 5.41) is 11.5. The second kappa shape index (κ2) is 11.2. The molecule has 178 valence electrons. The minimum Gasteiger partial charge on any atom is -0.435 e. The molecule has 1 fully saturated rings. The smallest absolute Gasteiger partial charge is 0.387 e. The number of hydrogen-bond donors (Lipinski definition) is 1. The molecule has 1 aromatic heterocycles. The second-order valence-corrected chi connectivity index (χ2v) is 8.56. The van der Waals surface area contributed by atoms with E-state index >= 15 is 0 Å². The Labute approximate surface area is 199 Å². The largest absolute Gasteiger partial charge is 0.435 e. The molecule has 4 rings (SSSR count). The molecule has 2 amide bonds. The molecule has 0 bridgehead atoms. The predicted octanol–water partition coefficient (Wildman–Crippen LogP) is 3.51. The van der Waals surface area contributed by atoms with E-state index in [4.69, 9.17) is 0 Å². The van der Waals surface area contributed by atoms with Crippen LogP contribution in [0.5, 0.6) is 5.75 Å². The van der Waals surface area contributed by atoms with E-state index in [1.54, 1.807) is 0 Å². The Hall–Kier alpha value is -3.31. The van der Waals surface area contributed by atoms with Gasteiger partial charge in [0.15, 0.2) is 11.0 Å². The highest BCUT2D eigenvalue weighted by Gasteiger charge is 2.20. The highest BCUT2D eigenvalue weighted by Crippen LogP contribution is 2.24. The molecule has 1 aliphatic rings. The van der Waals surface area contributed by atoms with E-state index in [1.807, 2.05) is 34.9 Å². The Kier molecular flexibility index (Phi) is 7.86. The SMILES string of the molecule is O=C(CSc1nnc(CN2CCCC2)n1-c1ccccc1)NC(=O)c1ccc(OC(F)F)cc1. The van der Waals surface area contributed by atoms with Gasteiger partial charge in [0.05, 0.1) is 12.3 Å². The number of carbonyl (C=O) groups is 2. The molecule has 0 spiro atoms. The van der Waals surface area contributed by atoms with Crippen molar-refractivity contribution in [2.75, 3.05) is 18.8 Å². The summed E-state index contributed by atoms with van der Waals surface area (Å²) in [6.07, 6.45) is 2.33. The van der Waals surface area contributed by atoms with E-state index < -0.39 is 18.4 Å². The van der Waals surface area contributed by atoms with Gasteiger partial charge in [-0.25, -0.2) is 0 Å². The number of alkyl halides is 2. The quantitative estimate of drug-likeness (QED) is 0.462. The number of thioether (sulfide) groups is 1. The molecule has 0 atom stereocenters. The molecular weight excluding hydrogens is 464 g/mol. The summed E-state index contributed by atoms with van der Waals surface area (Å²) < 4.78 is 30.7. The van der Waals surface area contributed by atoms with Crippen molar-refractivity contribution in [2.45, 2.75) is 31.2 Å². The number of likely N-dealkylation sites (tertiary alicyclic amines) is 1. The molecule has 2 heterocycles. The first-order chi connectivity index (χ1) is 16.5. The Bertz CT molecular complexity index is 1120. The number of imide groups is 1. The maximum Gasteiger partial charge on any atom is 0.387 e. The number of ether oxygens (including phenoxy) is 1. The van der Waals surface area contributed by atoms with Gasteiger partial charge in [-0.1, -0.05) is 30.0 Å². The normalized spacial score (nSPS) is 13.9. The summed E-state index contributed by atoms with van der Waals surface area (Å²) in [6, 6.07) is 14.8. The number of hydrogen-bond acceptors (Lipinski definition) is 7. The van der Waals surface area contributed by atoms with Crippen LogP contribution in [0.4, 0.5) is 8.78 Å². The summed E-state index contributed by atoms with van der Waals surface area (Å²) >= 11 is 1.18. The third-order valence-corrected chi connectivity index (χ3v) is 6.13. The van der Waals surface area contributed by atoms with Crippen LogP contribution in [-0.4, -0.2) is 56.9 Å². The van der Waals surface area contributed by atoms with Crippen LogP contribution < -0.4 is 10.1 Å². The van der Waals surface area contributed by atoms with E-state index in [0.29, 0.717) is 11.7 Å². The Morgan fingerprint density at radius 1 is 1.03 bits per heavy atom.